The zero-order valence-electron chi connectivity index (χ0n) is 19.7. The second-order valence-corrected chi connectivity index (χ2v) is 8.32. The monoisotopic (exact) mass is 473 g/mol. The van der Waals surface area contributed by atoms with E-state index in [0.717, 1.165) is 27.9 Å². The SMILES string of the molecule is Cc1ccc(-c2nc(C(=O)OCC(=O)c3ccc(-c4ccccc4)cc3)nn2-c2ccccc2)cc1. The summed E-state index contributed by atoms with van der Waals surface area (Å²) in [5.74, 6) is -0.658. The number of carbonyl (C=O) groups is 2. The van der Waals surface area contributed by atoms with E-state index < -0.39 is 12.6 Å². The van der Waals surface area contributed by atoms with E-state index in [4.69, 9.17) is 4.74 Å². The van der Waals surface area contributed by atoms with Crippen LogP contribution in [0, 0.1) is 6.92 Å². The Bertz CT molecular complexity index is 1490. The number of ether oxygens (including phenoxy) is 1. The molecule has 6 heteroatoms. The van der Waals surface area contributed by atoms with Crippen LogP contribution in [0.25, 0.3) is 28.2 Å². The molecule has 0 unspecified atom stereocenters. The van der Waals surface area contributed by atoms with Gasteiger partial charge in [-0.25, -0.2) is 14.5 Å². The van der Waals surface area contributed by atoms with Gasteiger partial charge in [-0.05, 0) is 30.2 Å². The van der Waals surface area contributed by atoms with Crippen LogP contribution in [0.5, 0.6) is 0 Å². The average Bonchev–Trinajstić information content (AvgIpc) is 3.39. The normalized spacial score (nSPS) is 10.7. The zero-order chi connectivity index (χ0) is 24.9. The first kappa shape index (κ1) is 22.9. The lowest BCUT2D eigenvalue weighted by Crippen LogP contribution is -2.15. The van der Waals surface area contributed by atoms with Crippen LogP contribution in [0.1, 0.15) is 26.5 Å². The van der Waals surface area contributed by atoms with Crippen LogP contribution in [0.3, 0.4) is 0 Å². The number of aromatic nitrogens is 3. The van der Waals surface area contributed by atoms with E-state index in [0.29, 0.717) is 11.4 Å². The number of esters is 1. The molecule has 176 valence electrons. The first-order chi connectivity index (χ1) is 17.6. The van der Waals surface area contributed by atoms with Gasteiger partial charge in [-0.1, -0.05) is 103 Å². The van der Waals surface area contributed by atoms with Gasteiger partial charge >= 0.3 is 5.97 Å². The van der Waals surface area contributed by atoms with Gasteiger partial charge < -0.3 is 4.74 Å². The van der Waals surface area contributed by atoms with Crippen molar-refractivity contribution in [2.75, 3.05) is 6.61 Å². The number of carbonyl (C=O) groups excluding carboxylic acids is 2. The second-order valence-electron chi connectivity index (χ2n) is 8.32. The molecule has 0 fully saturated rings. The Kier molecular flexibility index (Phi) is 6.49. The zero-order valence-corrected chi connectivity index (χ0v) is 19.7. The molecular weight excluding hydrogens is 450 g/mol. The lowest BCUT2D eigenvalue weighted by molar-refractivity contribution is 0.0462. The minimum absolute atomic E-state index is 0.110. The van der Waals surface area contributed by atoms with Crippen molar-refractivity contribution < 1.29 is 14.3 Å². The molecule has 0 N–H and O–H groups in total. The van der Waals surface area contributed by atoms with Crippen LogP contribution in [0.4, 0.5) is 0 Å². The van der Waals surface area contributed by atoms with Gasteiger partial charge in [0.05, 0.1) is 5.69 Å². The van der Waals surface area contributed by atoms with Crippen LogP contribution in [-0.4, -0.2) is 33.1 Å². The maximum Gasteiger partial charge on any atom is 0.378 e. The summed E-state index contributed by atoms with van der Waals surface area (Å²) in [6.45, 7) is 1.60. The summed E-state index contributed by atoms with van der Waals surface area (Å²) in [4.78, 5) is 29.9. The van der Waals surface area contributed by atoms with E-state index in [9.17, 15) is 9.59 Å². The Balaban J connectivity index is 1.33. The fourth-order valence-electron chi connectivity index (χ4n) is 3.80. The van der Waals surface area contributed by atoms with Gasteiger partial charge in [-0.15, -0.1) is 5.10 Å². The smallest absolute Gasteiger partial charge is 0.378 e. The van der Waals surface area contributed by atoms with E-state index >= 15 is 0 Å². The molecule has 0 radical (unpaired) electrons. The van der Waals surface area contributed by atoms with Crippen molar-refractivity contribution in [1.82, 2.24) is 14.8 Å². The summed E-state index contributed by atoms with van der Waals surface area (Å²) in [5, 5.41) is 4.39. The minimum atomic E-state index is -0.757. The number of aryl methyl sites for hydroxylation is 1. The number of para-hydroxylation sites is 1. The molecule has 6 nitrogen and oxygen atoms in total. The summed E-state index contributed by atoms with van der Waals surface area (Å²) in [7, 11) is 0. The van der Waals surface area contributed by atoms with E-state index in [-0.39, 0.29) is 11.6 Å². The van der Waals surface area contributed by atoms with Crippen LogP contribution in [0.15, 0.2) is 109 Å². The molecule has 0 saturated carbocycles. The molecule has 0 amide bonds. The number of hydrogen-bond acceptors (Lipinski definition) is 5. The first-order valence-electron chi connectivity index (χ1n) is 11.5. The number of Topliss-reactive ketones (excluding diaryl/α,β-unsaturated/α-hetero) is 1. The molecule has 0 aliphatic heterocycles. The van der Waals surface area contributed by atoms with E-state index in [1.54, 1.807) is 16.8 Å². The lowest BCUT2D eigenvalue weighted by atomic mass is 10.0. The van der Waals surface area contributed by atoms with Gasteiger partial charge in [-0.2, -0.15) is 0 Å². The maximum atomic E-state index is 12.8. The summed E-state index contributed by atoms with van der Waals surface area (Å²) >= 11 is 0. The summed E-state index contributed by atoms with van der Waals surface area (Å²) in [6, 6.07) is 34.3. The number of hydrogen-bond donors (Lipinski definition) is 0. The van der Waals surface area contributed by atoms with Crippen molar-refractivity contribution in [2.24, 2.45) is 0 Å². The van der Waals surface area contributed by atoms with Crippen molar-refractivity contribution in [3.8, 4) is 28.2 Å². The number of benzene rings is 4. The Hall–Kier alpha value is -4.84. The van der Waals surface area contributed by atoms with Crippen LogP contribution >= 0.6 is 0 Å². The molecule has 5 aromatic rings. The van der Waals surface area contributed by atoms with Gasteiger partial charge in [0.25, 0.3) is 5.82 Å². The highest BCUT2D eigenvalue weighted by atomic mass is 16.5. The van der Waals surface area contributed by atoms with E-state index in [1.807, 2.05) is 104 Å². The third-order valence-corrected chi connectivity index (χ3v) is 5.75. The fraction of sp³-hybridized carbons (Fsp3) is 0.0667. The maximum absolute atomic E-state index is 12.8. The highest BCUT2D eigenvalue weighted by molar-refractivity contribution is 5.99. The molecule has 4 aromatic carbocycles. The third kappa shape index (κ3) is 4.98. The van der Waals surface area contributed by atoms with Crippen LogP contribution in [0.2, 0.25) is 0 Å². The second kappa shape index (κ2) is 10.2. The van der Waals surface area contributed by atoms with Gasteiger partial charge in [0, 0.05) is 11.1 Å². The average molecular weight is 474 g/mol. The molecule has 0 aliphatic carbocycles. The van der Waals surface area contributed by atoms with Crippen molar-refractivity contribution in [1.29, 1.82) is 0 Å². The quantitative estimate of drug-likeness (QED) is 0.216. The van der Waals surface area contributed by atoms with Gasteiger partial charge in [0.2, 0.25) is 0 Å². The largest absolute Gasteiger partial charge is 0.451 e. The molecule has 1 aromatic heterocycles. The standard InChI is InChI=1S/C30H23N3O3/c1-21-12-14-25(15-13-21)29-31-28(32-33(29)26-10-6-3-7-11-26)30(35)36-20-27(34)24-18-16-23(17-19-24)22-8-4-2-5-9-22/h2-19H,20H2,1H3. The minimum Gasteiger partial charge on any atom is -0.451 e. The number of ketones is 1. The van der Waals surface area contributed by atoms with Crippen molar-refractivity contribution >= 4 is 11.8 Å². The molecule has 0 atom stereocenters. The summed E-state index contributed by atoms with van der Waals surface area (Å²) < 4.78 is 6.89. The molecule has 0 aliphatic rings. The molecule has 1 heterocycles. The molecule has 5 rings (SSSR count). The first-order valence-corrected chi connectivity index (χ1v) is 11.5. The Morgan fingerprint density at radius 2 is 1.31 bits per heavy atom. The number of nitrogens with zero attached hydrogens (tertiary/aromatic N) is 3. The Morgan fingerprint density at radius 1 is 0.722 bits per heavy atom. The number of rotatable bonds is 7. The topological polar surface area (TPSA) is 74.1 Å². The molecule has 0 spiro atoms. The predicted molar refractivity (Wildman–Crippen MR) is 138 cm³/mol. The van der Waals surface area contributed by atoms with Crippen LogP contribution in [-0.2, 0) is 4.74 Å². The molecule has 36 heavy (non-hydrogen) atoms. The highest BCUT2D eigenvalue weighted by Crippen LogP contribution is 2.22. The van der Waals surface area contributed by atoms with Crippen molar-refractivity contribution in [3.05, 3.63) is 126 Å². The third-order valence-electron chi connectivity index (χ3n) is 5.75. The van der Waals surface area contributed by atoms with Crippen LogP contribution < -0.4 is 0 Å². The molecule has 0 bridgehead atoms. The van der Waals surface area contributed by atoms with E-state index in [1.165, 1.54) is 0 Å². The van der Waals surface area contributed by atoms with Gasteiger partial charge in [0.15, 0.2) is 18.2 Å². The fourth-order valence-corrected chi connectivity index (χ4v) is 3.80. The molecule has 0 saturated heterocycles. The predicted octanol–water partition coefficient (Wildman–Crippen LogP) is 5.95. The van der Waals surface area contributed by atoms with Gasteiger partial charge in [-0.3, -0.25) is 4.79 Å². The Labute approximate surface area is 208 Å². The highest BCUT2D eigenvalue weighted by Gasteiger charge is 2.21. The lowest BCUT2D eigenvalue weighted by Gasteiger charge is -2.05. The summed E-state index contributed by atoms with van der Waals surface area (Å²) in [5.41, 5.74) is 5.21. The van der Waals surface area contributed by atoms with Crippen molar-refractivity contribution in [3.63, 3.8) is 0 Å². The van der Waals surface area contributed by atoms with Crippen molar-refractivity contribution in [2.45, 2.75) is 6.92 Å². The molecular formula is C30H23N3O3. The summed E-state index contributed by atoms with van der Waals surface area (Å²) in [6.07, 6.45) is 0. The van der Waals surface area contributed by atoms with E-state index in [2.05, 4.69) is 10.1 Å². The Morgan fingerprint density at radius 3 is 1.97 bits per heavy atom. The van der Waals surface area contributed by atoms with Gasteiger partial charge in [0.1, 0.15) is 0 Å².